The molecule has 1 heterocycles. The van der Waals surface area contributed by atoms with E-state index in [-0.39, 0.29) is 0 Å². The van der Waals surface area contributed by atoms with E-state index in [1.807, 2.05) is 0 Å². The molecule has 3 heteroatoms. The van der Waals surface area contributed by atoms with Crippen molar-refractivity contribution in [3.63, 3.8) is 0 Å². The molecule has 0 fully saturated rings. The molecule has 0 saturated carbocycles. The van der Waals surface area contributed by atoms with Gasteiger partial charge >= 0.3 is 0 Å². The molecule has 53 heavy (non-hydrogen) atoms. The van der Waals surface area contributed by atoms with Crippen molar-refractivity contribution in [1.82, 2.24) is 4.98 Å². The molecule has 8 aromatic carbocycles. The molecule has 0 spiro atoms. The number of rotatable bonds is 7. The van der Waals surface area contributed by atoms with E-state index in [9.17, 15) is 0 Å². The molecule has 0 N–H and O–H groups in total. The van der Waals surface area contributed by atoms with Gasteiger partial charge in [-0.3, -0.25) is 0 Å². The minimum Gasteiger partial charge on any atom is -0.310 e. The van der Waals surface area contributed by atoms with Gasteiger partial charge in [-0.2, -0.15) is 0 Å². The number of para-hydroxylation sites is 1. The second-order valence-electron chi connectivity index (χ2n) is 13.5. The first-order valence-corrected chi connectivity index (χ1v) is 18.9. The van der Waals surface area contributed by atoms with Gasteiger partial charge in [0, 0.05) is 22.6 Å². The second-order valence-corrected chi connectivity index (χ2v) is 14.6. The van der Waals surface area contributed by atoms with E-state index >= 15 is 0 Å². The van der Waals surface area contributed by atoms with Crippen molar-refractivity contribution in [3.05, 3.63) is 229 Å². The number of fused-ring (bicyclic) bond motifs is 4. The number of hydrogen-bond donors (Lipinski definition) is 0. The molecule has 0 aliphatic heterocycles. The fourth-order valence-corrected chi connectivity index (χ4v) is 9.21. The first kappa shape index (κ1) is 31.2. The SMILES string of the molecule is c1ccc(-c2ccc(-c3nc4ccc(N(c5ccccc5)c5ccc6c(c5)C(c5ccccc5)(c5ccccc5)c5ccccc5-6)cc4s3)cc2)cc1. The number of nitrogens with zero attached hydrogens (tertiary/aromatic N) is 2. The molecule has 1 aliphatic rings. The molecule has 2 nitrogen and oxygen atoms in total. The average Bonchev–Trinajstić information content (AvgIpc) is 3.80. The first-order valence-electron chi connectivity index (χ1n) is 18.0. The van der Waals surface area contributed by atoms with Crippen LogP contribution in [0, 0.1) is 0 Å². The summed E-state index contributed by atoms with van der Waals surface area (Å²) in [6, 6.07) is 74.6. The van der Waals surface area contributed by atoms with E-state index in [2.05, 4.69) is 211 Å². The topological polar surface area (TPSA) is 16.1 Å². The zero-order valence-corrected chi connectivity index (χ0v) is 29.7. The molecule has 250 valence electrons. The molecule has 0 amide bonds. The predicted octanol–water partition coefficient (Wildman–Crippen LogP) is 13.5. The maximum Gasteiger partial charge on any atom is 0.124 e. The van der Waals surface area contributed by atoms with E-state index in [1.54, 1.807) is 11.3 Å². The molecule has 0 atom stereocenters. The Balaban J connectivity index is 1.12. The highest BCUT2D eigenvalue weighted by Crippen LogP contribution is 2.57. The van der Waals surface area contributed by atoms with Gasteiger partial charge in [0.25, 0.3) is 0 Å². The van der Waals surface area contributed by atoms with Crippen LogP contribution in [0.3, 0.4) is 0 Å². The minimum atomic E-state index is -0.473. The van der Waals surface area contributed by atoms with E-state index < -0.39 is 5.41 Å². The molecule has 9 aromatic rings. The fraction of sp³-hybridized carbons (Fsp3) is 0.0200. The Hall–Kier alpha value is -6.55. The standard InChI is InChI=1S/C50H34N2S/c1-5-15-35(16-6-1)36-25-27-37(28-26-36)49-51-47-32-30-42(34-48(47)53-49)52(40-21-11-4-12-22-40)41-29-31-44-43-23-13-14-24-45(43)50(46(44)33-41,38-17-7-2-8-18-38)39-19-9-3-10-20-39/h1-34H. The van der Waals surface area contributed by atoms with Crippen molar-refractivity contribution < 1.29 is 0 Å². The second kappa shape index (κ2) is 12.9. The Morgan fingerprint density at radius 1 is 0.396 bits per heavy atom. The summed E-state index contributed by atoms with van der Waals surface area (Å²) in [7, 11) is 0. The summed E-state index contributed by atoms with van der Waals surface area (Å²) in [4.78, 5) is 7.47. The monoisotopic (exact) mass is 694 g/mol. The van der Waals surface area contributed by atoms with Crippen LogP contribution in [0.1, 0.15) is 22.3 Å². The molecule has 10 rings (SSSR count). The van der Waals surface area contributed by atoms with Gasteiger partial charge in [-0.05, 0) is 87.0 Å². The van der Waals surface area contributed by atoms with Crippen molar-refractivity contribution in [3.8, 4) is 32.8 Å². The lowest BCUT2D eigenvalue weighted by molar-refractivity contribution is 0.768. The maximum absolute atomic E-state index is 5.09. The molecule has 1 aromatic heterocycles. The summed E-state index contributed by atoms with van der Waals surface area (Å²) in [5.74, 6) is 0. The van der Waals surface area contributed by atoms with Crippen LogP contribution < -0.4 is 4.90 Å². The number of aromatic nitrogens is 1. The molecule has 1 aliphatic carbocycles. The highest BCUT2D eigenvalue weighted by atomic mass is 32.1. The van der Waals surface area contributed by atoms with Gasteiger partial charge in [0.05, 0.1) is 15.6 Å². The Morgan fingerprint density at radius 2 is 0.925 bits per heavy atom. The summed E-state index contributed by atoms with van der Waals surface area (Å²) in [6.07, 6.45) is 0. The van der Waals surface area contributed by atoms with Crippen LogP contribution in [-0.2, 0) is 5.41 Å². The van der Waals surface area contributed by atoms with Crippen LogP contribution in [0.15, 0.2) is 206 Å². The van der Waals surface area contributed by atoms with Crippen molar-refractivity contribution in [1.29, 1.82) is 0 Å². The van der Waals surface area contributed by atoms with E-state index in [0.717, 1.165) is 37.8 Å². The maximum atomic E-state index is 5.09. The van der Waals surface area contributed by atoms with Gasteiger partial charge in [0.15, 0.2) is 0 Å². The first-order chi connectivity index (χ1) is 26.3. The molecular formula is C50H34N2S. The quantitative estimate of drug-likeness (QED) is 0.165. The van der Waals surface area contributed by atoms with Crippen molar-refractivity contribution in [2.45, 2.75) is 5.41 Å². The van der Waals surface area contributed by atoms with Crippen LogP contribution in [0.25, 0.3) is 43.0 Å². The zero-order valence-electron chi connectivity index (χ0n) is 28.9. The van der Waals surface area contributed by atoms with Gasteiger partial charge in [-0.15, -0.1) is 11.3 Å². The largest absolute Gasteiger partial charge is 0.310 e. The van der Waals surface area contributed by atoms with Crippen molar-refractivity contribution >= 4 is 38.6 Å². The van der Waals surface area contributed by atoms with E-state index in [1.165, 1.54) is 44.5 Å². The lowest BCUT2D eigenvalue weighted by Gasteiger charge is -2.35. The molecule has 0 radical (unpaired) electrons. The summed E-state index contributed by atoms with van der Waals surface area (Å²) < 4.78 is 1.15. The molecule has 0 bridgehead atoms. The lowest BCUT2D eigenvalue weighted by Crippen LogP contribution is -2.28. The van der Waals surface area contributed by atoms with Crippen LogP contribution in [0.2, 0.25) is 0 Å². The van der Waals surface area contributed by atoms with Gasteiger partial charge < -0.3 is 4.90 Å². The smallest absolute Gasteiger partial charge is 0.124 e. The summed E-state index contributed by atoms with van der Waals surface area (Å²) in [5.41, 5.74) is 15.1. The number of thiazole rings is 1. The third-order valence-electron chi connectivity index (χ3n) is 10.6. The van der Waals surface area contributed by atoms with Gasteiger partial charge in [0.1, 0.15) is 5.01 Å². The van der Waals surface area contributed by atoms with Gasteiger partial charge in [-0.1, -0.05) is 164 Å². The Labute approximate surface area is 313 Å². The normalized spacial score (nSPS) is 12.7. The van der Waals surface area contributed by atoms with Crippen molar-refractivity contribution in [2.75, 3.05) is 4.90 Å². The number of hydrogen-bond acceptors (Lipinski definition) is 3. The highest BCUT2D eigenvalue weighted by molar-refractivity contribution is 7.21. The molecule has 0 unspecified atom stereocenters. The summed E-state index contributed by atoms with van der Waals surface area (Å²) in [5, 5.41) is 1.02. The fourth-order valence-electron chi connectivity index (χ4n) is 8.21. The predicted molar refractivity (Wildman–Crippen MR) is 222 cm³/mol. The Kier molecular flexibility index (Phi) is 7.59. The molecule has 0 saturated heterocycles. The van der Waals surface area contributed by atoms with E-state index in [0.29, 0.717) is 0 Å². The van der Waals surface area contributed by atoms with Crippen LogP contribution in [-0.4, -0.2) is 4.98 Å². The Morgan fingerprint density at radius 3 is 1.62 bits per heavy atom. The zero-order chi connectivity index (χ0) is 35.2. The lowest BCUT2D eigenvalue weighted by atomic mass is 9.67. The third kappa shape index (κ3) is 5.20. The van der Waals surface area contributed by atoms with Crippen LogP contribution in [0.4, 0.5) is 17.1 Å². The van der Waals surface area contributed by atoms with Crippen molar-refractivity contribution in [2.24, 2.45) is 0 Å². The van der Waals surface area contributed by atoms with E-state index in [4.69, 9.17) is 4.98 Å². The number of benzene rings is 8. The van der Waals surface area contributed by atoms with Crippen LogP contribution in [0.5, 0.6) is 0 Å². The number of anilines is 3. The highest BCUT2D eigenvalue weighted by Gasteiger charge is 2.46. The average molecular weight is 695 g/mol. The summed E-state index contributed by atoms with van der Waals surface area (Å²) in [6.45, 7) is 0. The van der Waals surface area contributed by atoms with Gasteiger partial charge in [0.2, 0.25) is 0 Å². The molecular weight excluding hydrogens is 661 g/mol. The Bertz CT molecular complexity index is 2660. The minimum absolute atomic E-state index is 0.473. The van der Waals surface area contributed by atoms with Gasteiger partial charge in [-0.25, -0.2) is 4.98 Å². The van der Waals surface area contributed by atoms with Crippen LogP contribution >= 0.6 is 11.3 Å². The third-order valence-corrected chi connectivity index (χ3v) is 11.7. The summed E-state index contributed by atoms with van der Waals surface area (Å²) >= 11 is 1.74.